The maximum Gasteiger partial charge on any atom is 0.293 e. The Hall–Kier alpha value is -2.25. The van der Waals surface area contributed by atoms with Crippen molar-refractivity contribution >= 4 is 50.7 Å². The lowest BCUT2D eigenvalue weighted by atomic mass is 10.1. The van der Waals surface area contributed by atoms with E-state index in [0.717, 1.165) is 26.7 Å². The predicted octanol–water partition coefficient (Wildman–Crippen LogP) is 3.76. The summed E-state index contributed by atoms with van der Waals surface area (Å²) < 4.78 is 0.852. The van der Waals surface area contributed by atoms with Gasteiger partial charge in [-0.2, -0.15) is 0 Å². The Balaban J connectivity index is 1.76. The molecule has 1 saturated heterocycles. The molecule has 0 N–H and O–H groups in total. The van der Waals surface area contributed by atoms with Crippen LogP contribution in [0, 0.1) is 0 Å². The molecule has 1 aromatic carbocycles. The average Bonchev–Trinajstić information content (AvgIpc) is 2.84. The molecular weight excluding hydrogens is 392 g/mol. The Morgan fingerprint density at radius 3 is 2.62 bits per heavy atom. The Labute approximate surface area is 150 Å². The molecule has 1 fully saturated rings. The van der Waals surface area contributed by atoms with Crippen LogP contribution in [0.15, 0.2) is 58.2 Å². The van der Waals surface area contributed by atoms with E-state index in [1.807, 2.05) is 0 Å². The molecule has 0 bridgehead atoms. The van der Waals surface area contributed by atoms with Gasteiger partial charge in [-0.05, 0) is 41.6 Å². The largest absolute Gasteiger partial charge is 0.293 e. The molecule has 2 aromatic rings. The number of imide groups is 1. The van der Waals surface area contributed by atoms with Crippen LogP contribution in [-0.2, 0) is 4.79 Å². The monoisotopic (exact) mass is 402 g/mol. The molecule has 0 unspecified atom stereocenters. The van der Waals surface area contributed by atoms with Crippen LogP contribution in [0.4, 0.5) is 4.79 Å². The van der Waals surface area contributed by atoms with Crippen molar-refractivity contribution in [2.75, 3.05) is 6.54 Å². The highest BCUT2D eigenvalue weighted by atomic mass is 79.9. The molecule has 1 aromatic heterocycles. The topological polar surface area (TPSA) is 67.3 Å². The summed E-state index contributed by atoms with van der Waals surface area (Å²) in [6, 6.07) is 10.3. The lowest BCUT2D eigenvalue weighted by molar-refractivity contribution is -0.122. The van der Waals surface area contributed by atoms with Crippen LogP contribution in [0.25, 0.3) is 6.08 Å². The Morgan fingerprint density at radius 2 is 1.96 bits per heavy atom. The van der Waals surface area contributed by atoms with Gasteiger partial charge in [0.2, 0.25) is 0 Å². The lowest BCUT2D eigenvalue weighted by Crippen LogP contribution is -2.33. The number of ketones is 1. The zero-order valence-corrected chi connectivity index (χ0v) is 14.7. The molecule has 1 aliphatic heterocycles. The predicted molar refractivity (Wildman–Crippen MR) is 95.4 cm³/mol. The molecule has 5 nitrogen and oxygen atoms in total. The molecule has 1 aliphatic rings. The van der Waals surface area contributed by atoms with Crippen molar-refractivity contribution < 1.29 is 14.4 Å². The van der Waals surface area contributed by atoms with Crippen LogP contribution < -0.4 is 0 Å². The molecule has 0 atom stereocenters. The maximum absolute atomic E-state index is 12.4. The average molecular weight is 403 g/mol. The zero-order valence-electron chi connectivity index (χ0n) is 12.3. The van der Waals surface area contributed by atoms with Crippen molar-refractivity contribution in [1.82, 2.24) is 9.88 Å². The van der Waals surface area contributed by atoms with E-state index >= 15 is 0 Å². The van der Waals surface area contributed by atoms with Crippen LogP contribution in [-0.4, -0.2) is 33.4 Å². The van der Waals surface area contributed by atoms with Gasteiger partial charge in [0.1, 0.15) is 0 Å². The third kappa shape index (κ3) is 3.63. The van der Waals surface area contributed by atoms with Gasteiger partial charge >= 0.3 is 0 Å². The van der Waals surface area contributed by atoms with Gasteiger partial charge in [0, 0.05) is 22.4 Å². The molecule has 7 heteroatoms. The highest BCUT2D eigenvalue weighted by Crippen LogP contribution is 2.32. The number of nitrogens with zero attached hydrogens (tertiary/aromatic N) is 2. The SMILES string of the molecule is O=C(CN1C(=O)S/C(=C/c2cccnc2)C1=O)c1ccc(Br)cc1. The first-order valence-corrected chi connectivity index (χ1v) is 8.60. The minimum absolute atomic E-state index is 0.267. The van der Waals surface area contributed by atoms with Crippen LogP contribution in [0.3, 0.4) is 0 Å². The number of hydrogen-bond acceptors (Lipinski definition) is 5. The summed E-state index contributed by atoms with van der Waals surface area (Å²) in [5.74, 6) is -0.744. The fourth-order valence-corrected chi connectivity index (χ4v) is 3.22. The van der Waals surface area contributed by atoms with Crippen molar-refractivity contribution in [2.45, 2.75) is 0 Å². The Morgan fingerprint density at radius 1 is 1.21 bits per heavy atom. The van der Waals surface area contributed by atoms with Gasteiger partial charge in [-0.25, -0.2) is 0 Å². The summed E-state index contributed by atoms with van der Waals surface area (Å²) in [7, 11) is 0. The zero-order chi connectivity index (χ0) is 17.1. The van der Waals surface area contributed by atoms with Gasteiger partial charge in [-0.3, -0.25) is 24.3 Å². The summed E-state index contributed by atoms with van der Waals surface area (Å²) in [6.07, 6.45) is 4.82. The molecule has 24 heavy (non-hydrogen) atoms. The van der Waals surface area contributed by atoms with E-state index in [-0.39, 0.29) is 17.2 Å². The third-order valence-corrected chi connectivity index (χ3v) is 4.76. The standard InChI is InChI=1S/C17H11BrN2O3S/c18-13-5-3-12(4-6-13)14(21)10-20-16(22)15(24-17(20)23)8-11-2-1-7-19-9-11/h1-9H,10H2/b15-8+. The second-order valence-corrected chi connectivity index (χ2v) is 6.89. The van der Waals surface area contributed by atoms with E-state index in [0.29, 0.717) is 5.56 Å². The molecule has 0 spiro atoms. The summed E-state index contributed by atoms with van der Waals surface area (Å²) in [5.41, 5.74) is 1.18. The van der Waals surface area contributed by atoms with Gasteiger partial charge in [0.25, 0.3) is 11.1 Å². The van der Waals surface area contributed by atoms with Gasteiger partial charge in [0.05, 0.1) is 11.4 Å². The number of halogens is 1. The van der Waals surface area contributed by atoms with Crippen molar-refractivity contribution in [3.63, 3.8) is 0 Å². The molecule has 0 saturated carbocycles. The minimum Gasteiger partial charge on any atom is -0.292 e. The molecule has 3 rings (SSSR count). The first kappa shape index (κ1) is 16.6. The number of carbonyl (C=O) groups is 3. The van der Waals surface area contributed by atoms with Gasteiger partial charge in [-0.1, -0.05) is 34.1 Å². The second kappa shape index (κ2) is 7.11. The summed E-state index contributed by atoms with van der Waals surface area (Å²) in [4.78, 5) is 41.9. The highest BCUT2D eigenvalue weighted by molar-refractivity contribution is 9.10. The summed E-state index contributed by atoms with van der Waals surface area (Å²) >= 11 is 4.12. The first-order valence-electron chi connectivity index (χ1n) is 6.99. The Bertz CT molecular complexity index is 835. The van der Waals surface area contributed by atoms with E-state index in [1.54, 1.807) is 54.9 Å². The van der Waals surface area contributed by atoms with E-state index in [4.69, 9.17) is 0 Å². The number of Topliss-reactive ketones (excluding diaryl/α,β-unsaturated/α-hetero) is 1. The molecule has 2 amide bonds. The molecular formula is C17H11BrN2O3S. The number of thioether (sulfide) groups is 1. The van der Waals surface area contributed by atoms with Crippen molar-refractivity contribution in [3.05, 3.63) is 69.3 Å². The normalized spacial score (nSPS) is 16.0. The summed E-state index contributed by atoms with van der Waals surface area (Å²) in [6.45, 7) is -0.267. The molecule has 2 heterocycles. The van der Waals surface area contributed by atoms with Gasteiger partial charge in [-0.15, -0.1) is 0 Å². The fraction of sp³-hybridized carbons (Fsp3) is 0.0588. The summed E-state index contributed by atoms with van der Waals surface area (Å²) in [5, 5.41) is -0.444. The fourth-order valence-electron chi connectivity index (χ4n) is 2.12. The van der Waals surface area contributed by atoms with Crippen LogP contribution in [0.2, 0.25) is 0 Å². The number of carbonyl (C=O) groups excluding carboxylic acids is 3. The minimum atomic E-state index is -0.459. The van der Waals surface area contributed by atoms with Gasteiger partial charge < -0.3 is 0 Å². The smallest absolute Gasteiger partial charge is 0.292 e. The van der Waals surface area contributed by atoms with Crippen LogP contribution in [0.1, 0.15) is 15.9 Å². The first-order chi connectivity index (χ1) is 11.5. The maximum atomic E-state index is 12.4. The van der Waals surface area contributed by atoms with Crippen molar-refractivity contribution in [1.29, 1.82) is 0 Å². The number of pyridine rings is 1. The molecule has 0 radical (unpaired) electrons. The number of benzene rings is 1. The van der Waals surface area contributed by atoms with E-state index < -0.39 is 11.1 Å². The van der Waals surface area contributed by atoms with Crippen molar-refractivity contribution in [2.24, 2.45) is 0 Å². The van der Waals surface area contributed by atoms with E-state index in [9.17, 15) is 14.4 Å². The number of amides is 2. The lowest BCUT2D eigenvalue weighted by Gasteiger charge is -2.11. The quantitative estimate of drug-likeness (QED) is 0.575. The molecule has 120 valence electrons. The van der Waals surface area contributed by atoms with Gasteiger partial charge in [0.15, 0.2) is 5.78 Å². The van der Waals surface area contributed by atoms with Crippen molar-refractivity contribution in [3.8, 4) is 0 Å². The highest BCUT2D eigenvalue weighted by Gasteiger charge is 2.36. The van der Waals surface area contributed by atoms with E-state index in [1.165, 1.54) is 0 Å². The number of aromatic nitrogens is 1. The second-order valence-electron chi connectivity index (χ2n) is 4.98. The number of rotatable bonds is 4. The third-order valence-electron chi connectivity index (χ3n) is 3.32. The van der Waals surface area contributed by atoms with E-state index in [2.05, 4.69) is 20.9 Å². The number of hydrogen-bond donors (Lipinski definition) is 0. The van der Waals surface area contributed by atoms with Crippen LogP contribution >= 0.6 is 27.7 Å². The Kier molecular flexibility index (Phi) is 4.92. The van der Waals surface area contributed by atoms with Crippen LogP contribution in [0.5, 0.6) is 0 Å². The molecule has 0 aliphatic carbocycles.